The summed E-state index contributed by atoms with van der Waals surface area (Å²) in [6, 6.07) is 2.42. The molecule has 0 aliphatic heterocycles. The summed E-state index contributed by atoms with van der Waals surface area (Å²) in [5, 5.41) is 2.69. The fourth-order valence-electron chi connectivity index (χ4n) is 3.61. The molecule has 3 heterocycles. The Balaban J connectivity index is 1.90. The standard InChI is InChI=1S/C21H22F5N5O3SSi/c1-27-21-29-12-9-28-20-11(5-6-30(20)10-34-7-8-36(2,3)4)18(12)31(21)35(32,33)19-16(25)14(23)13(22)15(24)17(19)26/h5-6,9H,7-8,10H2,1-4H3,(H,27,29). The highest BCUT2D eigenvalue weighted by Crippen LogP contribution is 2.34. The topological polar surface area (TPSA) is 91.0 Å². The van der Waals surface area contributed by atoms with Gasteiger partial charge in [0.15, 0.2) is 28.2 Å². The van der Waals surface area contributed by atoms with Gasteiger partial charge in [-0.15, -0.1) is 0 Å². The van der Waals surface area contributed by atoms with Gasteiger partial charge in [0.2, 0.25) is 11.8 Å². The van der Waals surface area contributed by atoms with Crippen LogP contribution < -0.4 is 5.32 Å². The van der Waals surface area contributed by atoms with Crippen LogP contribution in [-0.4, -0.2) is 48.7 Å². The molecule has 0 aliphatic carbocycles. The molecule has 0 bridgehead atoms. The number of hydrogen-bond acceptors (Lipinski definition) is 6. The molecule has 1 aromatic carbocycles. The van der Waals surface area contributed by atoms with Crippen LogP contribution in [0, 0.1) is 29.1 Å². The van der Waals surface area contributed by atoms with E-state index < -0.39 is 58.0 Å². The molecular formula is C21H22F5N5O3SSi. The van der Waals surface area contributed by atoms with Crippen LogP contribution in [-0.2, 0) is 21.5 Å². The Hall–Kier alpha value is -3.04. The van der Waals surface area contributed by atoms with Gasteiger partial charge in [0.25, 0.3) is 10.0 Å². The van der Waals surface area contributed by atoms with Gasteiger partial charge in [-0.1, -0.05) is 19.6 Å². The molecule has 1 N–H and O–H groups in total. The van der Waals surface area contributed by atoms with E-state index in [2.05, 4.69) is 34.9 Å². The van der Waals surface area contributed by atoms with Crippen molar-refractivity contribution in [3.8, 4) is 0 Å². The summed E-state index contributed by atoms with van der Waals surface area (Å²) in [7, 11) is -5.42. The molecule has 0 saturated heterocycles. The van der Waals surface area contributed by atoms with Gasteiger partial charge in [-0.2, -0.15) is 3.97 Å². The van der Waals surface area contributed by atoms with Gasteiger partial charge >= 0.3 is 0 Å². The Morgan fingerprint density at radius 2 is 1.64 bits per heavy atom. The first-order valence-corrected chi connectivity index (χ1v) is 15.8. The highest BCUT2D eigenvalue weighted by Gasteiger charge is 2.37. The van der Waals surface area contributed by atoms with E-state index in [1.54, 1.807) is 10.8 Å². The summed E-state index contributed by atoms with van der Waals surface area (Å²) in [6.45, 7) is 7.21. The number of halogens is 5. The van der Waals surface area contributed by atoms with Crippen LogP contribution in [0.2, 0.25) is 25.7 Å². The van der Waals surface area contributed by atoms with Crippen molar-refractivity contribution in [2.75, 3.05) is 19.0 Å². The summed E-state index contributed by atoms with van der Waals surface area (Å²) in [4.78, 5) is 6.37. The van der Waals surface area contributed by atoms with Crippen molar-refractivity contribution in [3.63, 3.8) is 0 Å². The number of hydrogen-bond donors (Lipinski definition) is 1. The summed E-state index contributed by atoms with van der Waals surface area (Å²) in [6.07, 6.45) is 2.81. The van der Waals surface area contributed by atoms with Crippen molar-refractivity contribution in [3.05, 3.63) is 47.5 Å². The Bertz CT molecular complexity index is 1570. The maximum atomic E-state index is 14.5. The zero-order chi connectivity index (χ0) is 26.6. The molecule has 0 atom stereocenters. The first kappa shape index (κ1) is 26.0. The number of benzene rings is 1. The van der Waals surface area contributed by atoms with Gasteiger partial charge < -0.3 is 14.6 Å². The van der Waals surface area contributed by atoms with E-state index in [4.69, 9.17) is 4.74 Å². The third-order valence-electron chi connectivity index (χ3n) is 5.48. The number of nitrogens with zero attached hydrogens (tertiary/aromatic N) is 4. The Morgan fingerprint density at radius 3 is 2.22 bits per heavy atom. The van der Waals surface area contributed by atoms with Crippen LogP contribution >= 0.6 is 0 Å². The van der Waals surface area contributed by atoms with Gasteiger partial charge in [-0.3, -0.25) is 0 Å². The smallest absolute Gasteiger partial charge is 0.277 e. The molecule has 15 heteroatoms. The number of anilines is 1. The highest BCUT2D eigenvalue weighted by molar-refractivity contribution is 7.90. The number of fused-ring (bicyclic) bond motifs is 3. The average molecular weight is 548 g/mol. The van der Waals surface area contributed by atoms with Crippen molar-refractivity contribution in [1.82, 2.24) is 18.5 Å². The van der Waals surface area contributed by atoms with Gasteiger partial charge in [-0.05, 0) is 12.1 Å². The van der Waals surface area contributed by atoms with Crippen LogP contribution in [0.15, 0.2) is 23.4 Å². The maximum Gasteiger partial charge on any atom is 0.277 e. The summed E-state index contributed by atoms with van der Waals surface area (Å²) in [5.74, 6) is -12.6. The fraction of sp³-hybridized carbons (Fsp3) is 0.333. The van der Waals surface area contributed by atoms with E-state index in [9.17, 15) is 30.4 Å². The number of nitrogens with one attached hydrogen (secondary N) is 1. The maximum absolute atomic E-state index is 14.5. The van der Waals surface area contributed by atoms with Crippen molar-refractivity contribution in [2.24, 2.45) is 0 Å². The first-order valence-electron chi connectivity index (χ1n) is 10.7. The lowest BCUT2D eigenvalue weighted by Gasteiger charge is -2.15. The van der Waals surface area contributed by atoms with Gasteiger partial charge in [0.05, 0.1) is 11.7 Å². The molecule has 0 radical (unpaired) electrons. The van der Waals surface area contributed by atoms with Crippen molar-refractivity contribution >= 4 is 46.1 Å². The molecule has 0 aliphatic rings. The van der Waals surface area contributed by atoms with Crippen LogP contribution in [0.3, 0.4) is 0 Å². The quantitative estimate of drug-likeness (QED) is 0.113. The summed E-state index contributed by atoms with van der Waals surface area (Å²) >= 11 is 0. The molecule has 4 aromatic rings. The average Bonchev–Trinajstić information content (AvgIpc) is 3.39. The van der Waals surface area contributed by atoms with Crippen LogP contribution in [0.25, 0.3) is 22.1 Å². The van der Waals surface area contributed by atoms with Crippen LogP contribution in [0.4, 0.5) is 27.9 Å². The van der Waals surface area contributed by atoms with Crippen LogP contribution in [0.5, 0.6) is 0 Å². The minimum absolute atomic E-state index is 0.0108. The van der Waals surface area contributed by atoms with E-state index >= 15 is 0 Å². The highest BCUT2D eigenvalue weighted by atomic mass is 32.2. The number of aromatic nitrogens is 4. The van der Waals surface area contributed by atoms with E-state index in [0.717, 1.165) is 6.04 Å². The van der Waals surface area contributed by atoms with Crippen molar-refractivity contribution in [1.29, 1.82) is 0 Å². The van der Waals surface area contributed by atoms with Crippen molar-refractivity contribution in [2.45, 2.75) is 37.3 Å². The van der Waals surface area contributed by atoms with Gasteiger partial charge in [0.1, 0.15) is 17.9 Å². The molecule has 0 spiro atoms. The Kier molecular flexibility index (Phi) is 6.59. The lowest BCUT2D eigenvalue weighted by Crippen LogP contribution is -2.22. The molecule has 3 aromatic heterocycles. The predicted octanol–water partition coefficient (Wildman–Crippen LogP) is 4.67. The summed E-state index contributed by atoms with van der Waals surface area (Å²) < 4.78 is 105. The second-order valence-electron chi connectivity index (χ2n) is 9.22. The normalized spacial score (nSPS) is 12.7. The SMILES string of the molecule is CNc1nc2cnc3c(ccn3COCC[Si](C)(C)C)c2n1S(=O)(=O)c1c(F)c(F)c(F)c(F)c1F. The zero-order valence-corrected chi connectivity index (χ0v) is 21.5. The summed E-state index contributed by atoms with van der Waals surface area (Å²) in [5.41, 5.74) is 0.123. The largest absolute Gasteiger partial charge is 0.361 e. The molecule has 0 saturated carbocycles. The minimum atomic E-state index is -5.38. The molecule has 0 amide bonds. The molecule has 0 fully saturated rings. The minimum Gasteiger partial charge on any atom is -0.361 e. The van der Waals surface area contributed by atoms with Gasteiger partial charge in [-0.25, -0.2) is 40.3 Å². The Labute approximate surface area is 203 Å². The molecule has 194 valence electrons. The number of rotatable bonds is 8. The lowest BCUT2D eigenvalue weighted by molar-refractivity contribution is 0.0899. The van der Waals surface area contributed by atoms with E-state index in [-0.39, 0.29) is 28.8 Å². The molecule has 36 heavy (non-hydrogen) atoms. The van der Waals surface area contributed by atoms with E-state index in [0.29, 0.717) is 10.6 Å². The molecular weight excluding hydrogens is 525 g/mol. The molecule has 8 nitrogen and oxygen atoms in total. The third kappa shape index (κ3) is 4.24. The third-order valence-corrected chi connectivity index (χ3v) is 8.90. The fourth-order valence-corrected chi connectivity index (χ4v) is 5.98. The number of imidazole rings is 1. The second kappa shape index (κ2) is 9.12. The van der Waals surface area contributed by atoms with Crippen LogP contribution in [0.1, 0.15) is 0 Å². The number of ether oxygens (including phenoxy) is 1. The lowest BCUT2D eigenvalue weighted by atomic mass is 10.3. The van der Waals surface area contributed by atoms with E-state index in [1.807, 2.05) is 0 Å². The Morgan fingerprint density at radius 1 is 1.03 bits per heavy atom. The predicted molar refractivity (Wildman–Crippen MR) is 125 cm³/mol. The number of pyridine rings is 1. The molecule has 4 rings (SSSR count). The second-order valence-corrected chi connectivity index (χ2v) is 16.6. The van der Waals surface area contributed by atoms with E-state index in [1.165, 1.54) is 19.3 Å². The van der Waals surface area contributed by atoms with Gasteiger partial charge in [0, 0.05) is 33.3 Å². The molecule has 0 unspecified atom stereocenters. The van der Waals surface area contributed by atoms with Crippen molar-refractivity contribution < 1.29 is 35.1 Å². The zero-order valence-electron chi connectivity index (χ0n) is 19.7. The monoisotopic (exact) mass is 547 g/mol. The first-order chi connectivity index (χ1) is 16.8.